The van der Waals surface area contributed by atoms with Gasteiger partial charge in [0, 0.05) is 50.1 Å². The Morgan fingerprint density at radius 2 is 1.92 bits per heavy atom. The third-order valence-electron chi connectivity index (χ3n) is 6.62. The molecule has 36 heavy (non-hydrogen) atoms. The molecule has 1 aromatic heterocycles. The predicted molar refractivity (Wildman–Crippen MR) is 143 cm³/mol. The fourth-order valence-corrected chi connectivity index (χ4v) is 5.80. The zero-order valence-corrected chi connectivity index (χ0v) is 22.8. The quantitative estimate of drug-likeness (QED) is 0.537. The van der Waals surface area contributed by atoms with Crippen molar-refractivity contribution in [3.8, 4) is 5.75 Å². The van der Waals surface area contributed by atoms with Crippen LogP contribution in [-0.2, 0) is 14.8 Å². The topological polar surface area (TPSA) is 112 Å². The van der Waals surface area contributed by atoms with Crippen LogP contribution >= 0.6 is 25.1 Å². The van der Waals surface area contributed by atoms with Crippen molar-refractivity contribution < 1.29 is 23.1 Å². The molecule has 5 rings (SSSR count). The number of anilines is 2. The molecular weight excluding hydrogens is 524 g/mol. The van der Waals surface area contributed by atoms with Crippen molar-refractivity contribution >= 4 is 52.5 Å². The fourth-order valence-electron chi connectivity index (χ4n) is 4.63. The maximum Gasteiger partial charge on any atom is 0.281 e. The Balaban J connectivity index is 0.00000304. The van der Waals surface area contributed by atoms with E-state index in [9.17, 15) is 18.3 Å². The number of sulfonamides is 1. The summed E-state index contributed by atoms with van der Waals surface area (Å²) in [6.07, 6.45) is 0.910. The molecule has 3 heterocycles. The number of aliphatic hydroxyl groups is 1. The van der Waals surface area contributed by atoms with E-state index in [-0.39, 0.29) is 23.9 Å². The van der Waals surface area contributed by atoms with Crippen molar-refractivity contribution in [2.75, 3.05) is 36.0 Å². The molecule has 1 saturated carbocycles. The van der Waals surface area contributed by atoms with Gasteiger partial charge < -0.3 is 19.6 Å². The molecule has 0 spiro atoms. The highest BCUT2D eigenvalue weighted by Gasteiger charge is 2.55. The highest BCUT2D eigenvalue weighted by Crippen LogP contribution is 2.46. The van der Waals surface area contributed by atoms with Gasteiger partial charge in [-0.15, -0.1) is 0 Å². The van der Waals surface area contributed by atoms with Crippen molar-refractivity contribution in [1.82, 2.24) is 9.71 Å². The van der Waals surface area contributed by atoms with Gasteiger partial charge in [0.1, 0.15) is 11.6 Å². The van der Waals surface area contributed by atoms with Gasteiger partial charge in [-0.05, 0) is 36.1 Å². The van der Waals surface area contributed by atoms with Crippen molar-refractivity contribution in [3.05, 3.63) is 41.4 Å². The van der Waals surface area contributed by atoms with E-state index in [1.165, 1.54) is 6.07 Å². The summed E-state index contributed by atoms with van der Waals surface area (Å²) in [5, 5.41) is 9.99. The molecule has 2 aromatic rings. The number of pyridine rings is 1. The number of aliphatic hydroxyl groups excluding tert-OH is 1. The number of carbonyl (C=O) groups excluding carboxylic acids is 1. The van der Waals surface area contributed by atoms with E-state index < -0.39 is 27.6 Å². The van der Waals surface area contributed by atoms with Crippen LogP contribution < -0.4 is 19.3 Å². The Morgan fingerprint density at radius 3 is 2.53 bits per heavy atom. The minimum absolute atomic E-state index is 0. The molecule has 0 unspecified atom stereocenters. The highest BCUT2D eigenvalue weighted by atomic mass is 35.5. The van der Waals surface area contributed by atoms with Gasteiger partial charge >= 0.3 is 0 Å². The standard InChI is InChI=1S/C24H29ClN4O5S.H2S/c1-23(2)14-29(15-23)18-7-6-16(25)12-19(18)34-24(9-10-24)22(31)27-35(32,33)21-5-3-4-20(26-21)28-11-8-17(30)13-28;/h3-7,12,17,30H,8-11,13-15H2,1-2H3,(H,27,31);1H2/t17-;/m0./s1. The predicted octanol–water partition coefficient (Wildman–Crippen LogP) is 2.68. The number of nitrogens with zero attached hydrogens (tertiary/aromatic N) is 3. The van der Waals surface area contributed by atoms with E-state index in [1.807, 2.05) is 11.0 Å². The summed E-state index contributed by atoms with van der Waals surface area (Å²) >= 11 is 6.21. The number of amides is 1. The summed E-state index contributed by atoms with van der Waals surface area (Å²) in [5.74, 6) is 0.178. The maximum atomic E-state index is 13.1. The smallest absolute Gasteiger partial charge is 0.281 e. The van der Waals surface area contributed by atoms with Gasteiger partial charge in [-0.25, -0.2) is 9.71 Å². The molecule has 1 aromatic carbocycles. The first-order valence-corrected chi connectivity index (χ1v) is 13.5. The highest BCUT2D eigenvalue weighted by molar-refractivity contribution is 7.90. The molecule has 2 N–H and O–H groups in total. The van der Waals surface area contributed by atoms with Crippen LogP contribution in [0.1, 0.15) is 33.1 Å². The largest absolute Gasteiger partial charge is 0.475 e. The number of halogens is 1. The van der Waals surface area contributed by atoms with E-state index in [1.54, 1.807) is 24.3 Å². The monoisotopic (exact) mass is 554 g/mol. The second-order valence-electron chi connectivity index (χ2n) is 10.4. The Hall–Kier alpha value is -2.21. The Morgan fingerprint density at radius 1 is 1.19 bits per heavy atom. The number of nitrogens with one attached hydrogen (secondary N) is 1. The summed E-state index contributed by atoms with van der Waals surface area (Å²) in [5.41, 5.74) is -0.254. The first-order chi connectivity index (χ1) is 16.5. The van der Waals surface area contributed by atoms with Crippen LogP contribution in [-0.4, -0.2) is 62.3 Å². The molecule has 3 aliphatic rings. The van der Waals surface area contributed by atoms with E-state index in [4.69, 9.17) is 16.3 Å². The molecule has 2 aliphatic heterocycles. The van der Waals surface area contributed by atoms with Gasteiger partial charge in [0.05, 0.1) is 11.8 Å². The van der Waals surface area contributed by atoms with Gasteiger partial charge in [-0.3, -0.25) is 4.79 Å². The molecule has 3 fully saturated rings. The lowest BCUT2D eigenvalue weighted by Gasteiger charge is -2.47. The molecule has 1 aliphatic carbocycles. The van der Waals surface area contributed by atoms with Crippen LogP contribution in [0.3, 0.4) is 0 Å². The summed E-state index contributed by atoms with van der Waals surface area (Å²) in [6, 6.07) is 9.90. The zero-order valence-electron chi connectivity index (χ0n) is 20.2. The average Bonchev–Trinajstić information content (AvgIpc) is 3.43. The lowest BCUT2D eigenvalue weighted by atomic mass is 9.84. The van der Waals surface area contributed by atoms with Gasteiger partial charge in [0.2, 0.25) is 0 Å². The van der Waals surface area contributed by atoms with E-state index in [0.717, 1.165) is 18.8 Å². The Bertz CT molecular complexity index is 1260. The van der Waals surface area contributed by atoms with Crippen molar-refractivity contribution in [2.24, 2.45) is 5.41 Å². The fraction of sp³-hybridized carbons (Fsp3) is 0.500. The van der Waals surface area contributed by atoms with Gasteiger partial charge in [0.15, 0.2) is 10.6 Å². The number of aromatic nitrogens is 1. The van der Waals surface area contributed by atoms with Crippen molar-refractivity contribution in [1.29, 1.82) is 0 Å². The van der Waals surface area contributed by atoms with Crippen LogP contribution in [0, 0.1) is 5.41 Å². The number of β-amino-alcohol motifs (C(OH)–C–C–N with tert-alkyl or cyclic N) is 1. The van der Waals surface area contributed by atoms with Gasteiger partial charge in [0.25, 0.3) is 15.9 Å². The minimum atomic E-state index is -4.22. The molecule has 1 amide bonds. The van der Waals surface area contributed by atoms with Gasteiger partial charge in [-0.1, -0.05) is 31.5 Å². The number of hydrogen-bond acceptors (Lipinski definition) is 8. The Kier molecular flexibility index (Phi) is 7.15. The first-order valence-electron chi connectivity index (χ1n) is 11.7. The first kappa shape index (κ1) is 26.8. The lowest BCUT2D eigenvalue weighted by molar-refractivity contribution is -0.127. The molecule has 12 heteroatoms. The number of rotatable bonds is 7. The summed E-state index contributed by atoms with van der Waals surface area (Å²) in [6.45, 7) is 7.00. The van der Waals surface area contributed by atoms with E-state index in [0.29, 0.717) is 48.9 Å². The molecule has 0 bridgehead atoms. The molecule has 9 nitrogen and oxygen atoms in total. The van der Waals surface area contributed by atoms with Crippen LogP contribution in [0.15, 0.2) is 41.4 Å². The minimum Gasteiger partial charge on any atom is -0.475 e. The van der Waals surface area contributed by atoms with Crippen LogP contribution in [0.5, 0.6) is 5.75 Å². The number of ether oxygens (including phenoxy) is 1. The van der Waals surface area contributed by atoms with E-state index >= 15 is 0 Å². The van der Waals surface area contributed by atoms with Crippen LogP contribution in [0.2, 0.25) is 5.02 Å². The molecule has 1 atom stereocenters. The summed E-state index contributed by atoms with van der Waals surface area (Å²) < 4.78 is 34.3. The second kappa shape index (κ2) is 9.59. The van der Waals surface area contributed by atoms with Crippen LogP contribution in [0.25, 0.3) is 0 Å². The van der Waals surface area contributed by atoms with Gasteiger partial charge in [-0.2, -0.15) is 21.9 Å². The number of carbonyl (C=O) groups is 1. The summed E-state index contributed by atoms with van der Waals surface area (Å²) in [7, 11) is -4.22. The van der Waals surface area contributed by atoms with E-state index in [2.05, 4.69) is 28.5 Å². The normalized spacial score (nSPS) is 21.8. The SMILES string of the molecule is CC1(C)CN(c2ccc(Cl)cc2OC2(C(=O)NS(=O)(=O)c3cccc(N4CC[C@H](O)C4)n3)CC2)C1.S. The molecule has 196 valence electrons. The number of hydrogen-bond donors (Lipinski definition) is 2. The second-order valence-corrected chi connectivity index (χ2v) is 12.5. The average molecular weight is 555 g/mol. The molecule has 0 radical (unpaired) electrons. The Labute approximate surface area is 223 Å². The maximum absolute atomic E-state index is 13.1. The zero-order chi connectivity index (χ0) is 25.0. The third kappa shape index (κ3) is 5.39. The van der Waals surface area contributed by atoms with Crippen molar-refractivity contribution in [3.63, 3.8) is 0 Å². The molecule has 2 saturated heterocycles. The van der Waals surface area contributed by atoms with Crippen LogP contribution in [0.4, 0.5) is 11.5 Å². The third-order valence-corrected chi connectivity index (χ3v) is 8.09. The molecular formula is C24H31ClN4O5S2. The van der Waals surface area contributed by atoms with Crippen molar-refractivity contribution in [2.45, 2.75) is 49.8 Å². The lowest BCUT2D eigenvalue weighted by Crippen LogP contribution is -2.53. The summed E-state index contributed by atoms with van der Waals surface area (Å²) in [4.78, 5) is 21.3. The number of benzene rings is 1.